The van der Waals surface area contributed by atoms with Crippen LogP contribution in [0, 0.1) is 16.7 Å². The minimum Gasteiger partial charge on any atom is -0.385 e. The van der Waals surface area contributed by atoms with E-state index in [0.29, 0.717) is 10.8 Å². The highest BCUT2D eigenvalue weighted by molar-refractivity contribution is 4.90. The Morgan fingerprint density at radius 1 is 1.05 bits per heavy atom. The largest absolute Gasteiger partial charge is 0.385 e. The van der Waals surface area contributed by atoms with Crippen molar-refractivity contribution in [2.24, 2.45) is 16.7 Å². The quantitative estimate of drug-likeness (QED) is 0.656. The third-order valence-electron chi connectivity index (χ3n) is 5.31. The molecule has 126 valence electrons. The van der Waals surface area contributed by atoms with Crippen LogP contribution in [0.4, 0.5) is 0 Å². The Labute approximate surface area is 132 Å². The fraction of sp³-hybridized carbons (Fsp3) is 1.00. The molecule has 0 spiro atoms. The molecule has 0 radical (unpaired) electrons. The van der Waals surface area contributed by atoms with Gasteiger partial charge in [0.25, 0.3) is 0 Å². The van der Waals surface area contributed by atoms with Crippen LogP contribution in [0.2, 0.25) is 0 Å². The zero-order valence-electron chi connectivity index (χ0n) is 15.0. The molecule has 0 saturated heterocycles. The Bertz CT molecular complexity index is 265. The smallest absolute Gasteiger partial charge is 0.0587 e. The molecule has 0 aromatic heterocycles. The maximum absolute atomic E-state index is 5.26. The lowest BCUT2D eigenvalue weighted by Crippen LogP contribution is -2.40. The van der Waals surface area contributed by atoms with Crippen molar-refractivity contribution >= 4 is 0 Å². The Balaban J connectivity index is 2.50. The summed E-state index contributed by atoms with van der Waals surface area (Å²) in [6, 6.07) is 0. The van der Waals surface area contributed by atoms with Crippen molar-refractivity contribution in [1.29, 1.82) is 0 Å². The Morgan fingerprint density at radius 2 is 1.67 bits per heavy atom. The van der Waals surface area contributed by atoms with Gasteiger partial charge in [-0.1, -0.05) is 20.8 Å². The van der Waals surface area contributed by atoms with Crippen LogP contribution >= 0.6 is 0 Å². The van der Waals surface area contributed by atoms with Gasteiger partial charge in [-0.25, -0.2) is 0 Å². The van der Waals surface area contributed by atoms with E-state index in [9.17, 15) is 0 Å². The molecule has 0 atom stereocenters. The molecule has 0 aromatic carbocycles. The predicted molar refractivity (Wildman–Crippen MR) is 89.7 cm³/mol. The molecule has 1 fully saturated rings. The first kappa shape index (κ1) is 18.9. The highest BCUT2D eigenvalue weighted by Gasteiger charge is 2.37. The van der Waals surface area contributed by atoms with Gasteiger partial charge in [0.1, 0.15) is 0 Å². The molecular formula is C18H37NO2. The lowest BCUT2D eigenvalue weighted by Gasteiger charge is -2.44. The van der Waals surface area contributed by atoms with Crippen molar-refractivity contribution in [1.82, 2.24) is 5.32 Å². The molecule has 1 aliphatic rings. The normalized spacial score (nSPS) is 27.0. The molecule has 3 heteroatoms. The third-order valence-corrected chi connectivity index (χ3v) is 5.31. The van der Waals surface area contributed by atoms with Crippen molar-refractivity contribution in [3.63, 3.8) is 0 Å². The van der Waals surface area contributed by atoms with Crippen molar-refractivity contribution in [3.05, 3.63) is 0 Å². The first-order valence-corrected chi connectivity index (χ1v) is 8.62. The summed E-state index contributed by atoms with van der Waals surface area (Å²) in [6.45, 7) is 11.0. The van der Waals surface area contributed by atoms with Gasteiger partial charge in [0.05, 0.1) is 6.61 Å². The topological polar surface area (TPSA) is 30.5 Å². The molecule has 0 unspecified atom stereocenters. The molecule has 0 bridgehead atoms. The van der Waals surface area contributed by atoms with E-state index < -0.39 is 0 Å². The molecule has 1 saturated carbocycles. The van der Waals surface area contributed by atoms with E-state index in [0.717, 1.165) is 32.2 Å². The number of rotatable bonds is 9. The highest BCUT2D eigenvalue weighted by Crippen LogP contribution is 2.47. The number of ether oxygens (including phenoxy) is 2. The average Bonchev–Trinajstić information content (AvgIpc) is 2.44. The minimum absolute atomic E-state index is 0.460. The summed E-state index contributed by atoms with van der Waals surface area (Å²) in [4.78, 5) is 0. The summed E-state index contributed by atoms with van der Waals surface area (Å²) in [6.07, 6.45) is 7.95. The van der Waals surface area contributed by atoms with Crippen LogP contribution in [-0.2, 0) is 9.47 Å². The van der Waals surface area contributed by atoms with Gasteiger partial charge in [-0.2, -0.15) is 0 Å². The van der Waals surface area contributed by atoms with Gasteiger partial charge in [-0.3, -0.25) is 0 Å². The van der Waals surface area contributed by atoms with Gasteiger partial charge >= 0.3 is 0 Å². The molecule has 0 heterocycles. The number of methoxy groups -OCH3 is 2. The Kier molecular flexibility index (Phi) is 8.22. The summed E-state index contributed by atoms with van der Waals surface area (Å²) in [7, 11) is 3.57. The first-order chi connectivity index (χ1) is 9.93. The minimum atomic E-state index is 0.460. The third kappa shape index (κ3) is 6.66. The second-order valence-electron chi connectivity index (χ2n) is 7.91. The van der Waals surface area contributed by atoms with Crippen molar-refractivity contribution in [3.8, 4) is 0 Å². The fourth-order valence-corrected chi connectivity index (χ4v) is 3.73. The summed E-state index contributed by atoms with van der Waals surface area (Å²) in [5.74, 6) is 0.882. The molecule has 1 N–H and O–H groups in total. The van der Waals surface area contributed by atoms with Crippen LogP contribution in [0.25, 0.3) is 0 Å². The average molecular weight is 299 g/mol. The van der Waals surface area contributed by atoms with Crippen molar-refractivity contribution in [2.45, 2.75) is 59.3 Å². The van der Waals surface area contributed by atoms with E-state index >= 15 is 0 Å². The maximum Gasteiger partial charge on any atom is 0.0587 e. The first-order valence-electron chi connectivity index (χ1n) is 8.62. The predicted octanol–water partition coefficient (Wildman–Crippen LogP) is 3.87. The van der Waals surface area contributed by atoms with Crippen LogP contribution in [0.5, 0.6) is 0 Å². The second kappa shape index (κ2) is 9.12. The van der Waals surface area contributed by atoms with Gasteiger partial charge in [-0.05, 0) is 55.3 Å². The lowest BCUT2D eigenvalue weighted by molar-refractivity contribution is 0.0686. The van der Waals surface area contributed by atoms with Crippen molar-refractivity contribution in [2.75, 3.05) is 40.5 Å². The lowest BCUT2D eigenvalue weighted by atomic mass is 9.62. The summed E-state index contributed by atoms with van der Waals surface area (Å²) < 4.78 is 10.4. The Hall–Kier alpha value is -0.120. The molecule has 0 amide bonds. The number of hydrogen-bond donors (Lipinski definition) is 1. The molecule has 1 aliphatic carbocycles. The molecule has 21 heavy (non-hydrogen) atoms. The van der Waals surface area contributed by atoms with E-state index in [1.807, 2.05) is 0 Å². The van der Waals surface area contributed by atoms with E-state index in [1.165, 1.54) is 38.5 Å². The van der Waals surface area contributed by atoms with Crippen LogP contribution < -0.4 is 5.32 Å². The van der Waals surface area contributed by atoms with Gasteiger partial charge in [-0.15, -0.1) is 0 Å². The molecule has 0 aromatic rings. The van der Waals surface area contributed by atoms with E-state index in [4.69, 9.17) is 9.47 Å². The van der Waals surface area contributed by atoms with E-state index in [1.54, 1.807) is 14.2 Å². The second-order valence-corrected chi connectivity index (χ2v) is 7.91. The van der Waals surface area contributed by atoms with Crippen LogP contribution in [0.1, 0.15) is 59.3 Å². The number of nitrogens with one attached hydrogen (secondary N) is 1. The highest BCUT2D eigenvalue weighted by atomic mass is 16.5. The summed E-state index contributed by atoms with van der Waals surface area (Å²) in [5, 5.41) is 3.61. The van der Waals surface area contributed by atoms with Crippen molar-refractivity contribution < 1.29 is 9.47 Å². The van der Waals surface area contributed by atoms with Crippen LogP contribution in [-0.4, -0.2) is 40.5 Å². The van der Waals surface area contributed by atoms with Crippen LogP contribution in [0.3, 0.4) is 0 Å². The van der Waals surface area contributed by atoms with Gasteiger partial charge in [0.15, 0.2) is 0 Å². The number of hydrogen-bond acceptors (Lipinski definition) is 3. The van der Waals surface area contributed by atoms with Gasteiger partial charge in [0.2, 0.25) is 0 Å². The van der Waals surface area contributed by atoms with E-state index in [2.05, 4.69) is 26.1 Å². The van der Waals surface area contributed by atoms with Crippen LogP contribution in [0.15, 0.2) is 0 Å². The zero-order valence-corrected chi connectivity index (χ0v) is 15.0. The maximum atomic E-state index is 5.26. The SMILES string of the molecule is COCCCC1(CNCCOC)CCC(C(C)(C)C)CC1. The monoisotopic (exact) mass is 299 g/mol. The fourth-order valence-electron chi connectivity index (χ4n) is 3.73. The molecule has 1 rings (SSSR count). The summed E-state index contributed by atoms with van der Waals surface area (Å²) >= 11 is 0. The van der Waals surface area contributed by atoms with E-state index in [-0.39, 0.29) is 0 Å². The van der Waals surface area contributed by atoms with Gasteiger partial charge < -0.3 is 14.8 Å². The molecule has 3 nitrogen and oxygen atoms in total. The summed E-state index contributed by atoms with van der Waals surface area (Å²) in [5.41, 5.74) is 0.941. The standard InChI is InChI=1S/C18H37NO2/c1-17(2,3)16-7-10-18(11-8-16,9-6-13-20-4)15-19-12-14-21-5/h16,19H,6-15H2,1-5H3. The molecule has 0 aliphatic heterocycles. The Morgan fingerprint density at radius 3 is 2.19 bits per heavy atom. The van der Waals surface area contributed by atoms with Gasteiger partial charge in [0, 0.05) is 33.9 Å². The molecular weight excluding hydrogens is 262 g/mol. The zero-order chi connectivity index (χ0) is 15.8.